The average molecular weight is 420 g/mol. The molecule has 6 nitrogen and oxygen atoms in total. The van der Waals surface area contributed by atoms with Gasteiger partial charge in [-0.25, -0.2) is 0 Å². The number of benzene rings is 2. The number of ether oxygens (including phenoxy) is 1. The molecule has 1 saturated heterocycles. The molecule has 1 aliphatic rings. The minimum atomic E-state index is 0.172. The van der Waals surface area contributed by atoms with Crippen LogP contribution in [0, 0.1) is 5.92 Å². The molecule has 6 heteroatoms. The summed E-state index contributed by atoms with van der Waals surface area (Å²) >= 11 is 0. The van der Waals surface area contributed by atoms with Crippen LogP contribution in [0.3, 0.4) is 0 Å². The van der Waals surface area contributed by atoms with E-state index in [1.165, 1.54) is 12.0 Å². The Hall–Kier alpha value is -3.15. The number of carbonyl (C=O) groups is 1. The molecule has 31 heavy (non-hydrogen) atoms. The van der Waals surface area contributed by atoms with Gasteiger partial charge in [-0.05, 0) is 61.4 Å². The fourth-order valence-electron chi connectivity index (χ4n) is 4.07. The molecule has 0 aliphatic carbocycles. The van der Waals surface area contributed by atoms with Crippen molar-refractivity contribution in [2.24, 2.45) is 5.92 Å². The first-order valence-corrected chi connectivity index (χ1v) is 11.0. The number of hydrogen-bond donors (Lipinski definition) is 0. The summed E-state index contributed by atoms with van der Waals surface area (Å²) in [5, 5.41) is 4.04. The normalized spacial score (nSPS) is 14.5. The van der Waals surface area contributed by atoms with Gasteiger partial charge < -0.3 is 14.2 Å². The van der Waals surface area contributed by atoms with E-state index >= 15 is 0 Å². The van der Waals surface area contributed by atoms with E-state index in [0.717, 1.165) is 43.7 Å². The van der Waals surface area contributed by atoms with Crippen LogP contribution in [-0.4, -0.2) is 41.1 Å². The number of aromatic nitrogens is 2. The molecule has 0 radical (unpaired) electrons. The number of likely N-dealkylation sites (tertiary alicyclic amines) is 1. The Morgan fingerprint density at radius 3 is 2.52 bits per heavy atom. The summed E-state index contributed by atoms with van der Waals surface area (Å²) in [6.45, 7) is 1.69. The molecule has 0 bridgehead atoms. The lowest BCUT2D eigenvalue weighted by molar-refractivity contribution is -0.132. The highest BCUT2D eigenvalue weighted by Crippen LogP contribution is 2.24. The maximum atomic E-state index is 12.6. The minimum absolute atomic E-state index is 0.172. The second-order valence-electron chi connectivity index (χ2n) is 8.09. The van der Waals surface area contributed by atoms with Crippen molar-refractivity contribution in [3.8, 4) is 17.1 Å². The van der Waals surface area contributed by atoms with Crippen molar-refractivity contribution >= 4 is 5.91 Å². The van der Waals surface area contributed by atoms with Crippen molar-refractivity contribution in [1.82, 2.24) is 15.0 Å². The molecule has 0 unspecified atom stereocenters. The zero-order valence-electron chi connectivity index (χ0n) is 18.0. The maximum Gasteiger partial charge on any atom is 0.227 e. The molecule has 0 spiro atoms. The number of hydrogen-bond acceptors (Lipinski definition) is 5. The molecule has 0 atom stereocenters. The van der Waals surface area contributed by atoms with E-state index in [4.69, 9.17) is 9.26 Å². The molecule has 1 aliphatic heterocycles. The summed E-state index contributed by atoms with van der Waals surface area (Å²) in [5.41, 5.74) is 2.26. The predicted octanol–water partition coefficient (Wildman–Crippen LogP) is 4.55. The van der Waals surface area contributed by atoms with Gasteiger partial charge in [-0.1, -0.05) is 35.5 Å². The van der Waals surface area contributed by atoms with Crippen LogP contribution in [0.4, 0.5) is 0 Å². The first kappa shape index (κ1) is 21.1. The summed E-state index contributed by atoms with van der Waals surface area (Å²) in [6.07, 6.45) is 5.35. The van der Waals surface area contributed by atoms with E-state index in [0.29, 0.717) is 30.5 Å². The van der Waals surface area contributed by atoms with Crippen molar-refractivity contribution < 1.29 is 14.1 Å². The predicted molar refractivity (Wildman–Crippen MR) is 119 cm³/mol. The van der Waals surface area contributed by atoms with Gasteiger partial charge in [0.15, 0.2) is 0 Å². The Morgan fingerprint density at radius 1 is 1.06 bits per heavy atom. The standard InChI is InChI=1S/C25H29N3O3/c1-30-22-11-9-21(10-12-22)25-26-23(31-27-25)13-14-24(29)28-17-15-20(16-18-28)8-7-19-5-3-2-4-6-19/h2-6,9-12,20H,7-8,13-18H2,1H3. The molecular weight excluding hydrogens is 390 g/mol. The first-order chi connectivity index (χ1) is 15.2. The lowest BCUT2D eigenvalue weighted by atomic mass is 9.90. The molecule has 2 heterocycles. The lowest BCUT2D eigenvalue weighted by Crippen LogP contribution is -2.38. The minimum Gasteiger partial charge on any atom is -0.497 e. The first-order valence-electron chi connectivity index (χ1n) is 11.0. The molecule has 1 aromatic heterocycles. The summed E-state index contributed by atoms with van der Waals surface area (Å²) in [5.74, 6) is 2.68. The van der Waals surface area contributed by atoms with Crippen LogP contribution in [0.1, 0.15) is 37.1 Å². The quantitative estimate of drug-likeness (QED) is 0.536. The highest BCUT2D eigenvalue weighted by molar-refractivity contribution is 5.76. The van der Waals surface area contributed by atoms with Crippen molar-refractivity contribution in [3.63, 3.8) is 0 Å². The number of aryl methyl sites for hydroxylation is 2. The molecule has 0 saturated carbocycles. The van der Waals surface area contributed by atoms with Crippen LogP contribution >= 0.6 is 0 Å². The summed E-state index contributed by atoms with van der Waals surface area (Å²) in [6, 6.07) is 18.1. The Bertz CT molecular complexity index is 961. The van der Waals surface area contributed by atoms with Crippen LogP contribution in [0.25, 0.3) is 11.4 Å². The number of nitrogens with zero attached hydrogens (tertiary/aromatic N) is 3. The lowest BCUT2D eigenvalue weighted by Gasteiger charge is -2.32. The number of methoxy groups -OCH3 is 1. The Balaban J connectivity index is 1.20. The van der Waals surface area contributed by atoms with Gasteiger partial charge >= 0.3 is 0 Å². The van der Waals surface area contributed by atoms with Gasteiger partial charge in [0.05, 0.1) is 7.11 Å². The zero-order chi connectivity index (χ0) is 21.5. The molecule has 162 valence electrons. The Labute approximate surface area is 183 Å². The average Bonchev–Trinajstić information content (AvgIpc) is 3.31. The van der Waals surface area contributed by atoms with Crippen LogP contribution < -0.4 is 4.74 Å². The number of piperidine rings is 1. The third-order valence-corrected chi connectivity index (χ3v) is 6.02. The maximum absolute atomic E-state index is 12.6. The highest BCUT2D eigenvalue weighted by Gasteiger charge is 2.23. The Morgan fingerprint density at radius 2 is 1.81 bits per heavy atom. The number of amides is 1. The van der Waals surface area contributed by atoms with Crippen molar-refractivity contribution in [2.75, 3.05) is 20.2 Å². The third-order valence-electron chi connectivity index (χ3n) is 6.02. The highest BCUT2D eigenvalue weighted by atomic mass is 16.5. The van der Waals surface area contributed by atoms with Gasteiger partial charge in [0.2, 0.25) is 17.6 Å². The van der Waals surface area contributed by atoms with Crippen molar-refractivity contribution in [2.45, 2.75) is 38.5 Å². The fraction of sp³-hybridized carbons (Fsp3) is 0.400. The molecular formula is C25H29N3O3. The van der Waals surface area contributed by atoms with E-state index in [1.54, 1.807) is 7.11 Å². The van der Waals surface area contributed by atoms with Gasteiger partial charge in [0.25, 0.3) is 0 Å². The van der Waals surface area contributed by atoms with E-state index in [9.17, 15) is 4.79 Å². The topological polar surface area (TPSA) is 68.5 Å². The van der Waals surface area contributed by atoms with Crippen LogP contribution in [0.2, 0.25) is 0 Å². The van der Waals surface area contributed by atoms with Gasteiger partial charge in [-0.2, -0.15) is 4.98 Å². The summed E-state index contributed by atoms with van der Waals surface area (Å²) < 4.78 is 10.5. The summed E-state index contributed by atoms with van der Waals surface area (Å²) in [7, 11) is 1.63. The molecule has 1 amide bonds. The van der Waals surface area contributed by atoms with Crippen molar-refractivity contribution in [1.29, 1.82) is 0 Å². The largest absolute Gasteiger partial charge is 0.497 e. The van der Waals surface area contributed by atoms with Gasteiger partial charge in [-0.3, -0.25) is 4.79 Å². The van der Waals surface area contributed by atoms with Gasteiger partial charge in [0, 0.05) is 31.5 Å². The molecule has 2 aromatic carbocycles. The van der Waals surface area contributed by atoms with Crippen LogP contribution in [0.5, 0.6) is 5.75 Å². The smallest absolute Gasteiger partial charge is 0.227 e. The monoisotopic (exact) mass is 419 g/mol. The number of rotatable bonds is 8. The molecule has 3 aromatic rings. The molecule has 1 fully saturated rings. The van der Waals surface area contributed by atoms with E-state index in [2.05, 4.69) is 40.5 Å². The van der Waals surface area contributed by atoms with E-state index in [1.807, 2.05) is 29.2 Å². The van der Waals surface area contributed by atoms with Crippen molar-refractivity contribution in [3.05, 3.63) is 66.1 Å². The molecule has 4 rings (SSSR count). The fourth-order valence-corrected chi connectivity index (χ4v) is 4.07. The summed E-state index contributed by atoms with van der Waals surface area (Å²) in [4.78, 5) is 19.0. The zero-order valence-corrected chi connectivity index (χ0v) is 18.0. The van der Waals surface area contributed by atoms with Crippen LogP contribution in [-0.2, 0) is 17.6 Å². The van der Waals surface area contributed by atoms with E-state index in [-0.39, 0.29) is 5.91 Å². The SMILES string of the molecule is COc1ccc(-c2noc(CCC(=O)N3CCC(CCc4ccccc4)CC3)n2)cc1. The second kappa shape index (κ2) is 10.2. The van der Waals surface area contributed by atoms with Crippen LogP contribution in [0.15, 0.2) is 59.1 Å². The number of carbonyl (C=O) groups excluding carboxylic acids is 1. The van der Waals surface area contributed by atoms with Gasteiger partial charge in [-0.15, -0.1) is 0 Å². The second-order valence-corrected chi connectivity index (χ2v) is 8.09. The van der Waals surface area contributed by atoms with E-state index < -0.39 is 0 Å². The molecule has 0 N–H and O–H groups in total. The van der Waals surface area contributed by atoms with Gasteiger partial charge in [0.1, 0.15) is 5.75 Å². The third kappa shape index (κ3) is 5.72. The Kier molecular flexibility index (Phi) is 6.97.